The van der Waals surface area contributed by atoms with Crippen LogP contribution in [0.1, 0.15) is 48.3 Å². The summed E-state index contributed by atoms with van der Waals surface area (Å²) in [6.07, 6.45) is 5.35. The van der Waals surface area contributed by atoms with E-state index in [-0.39, 0.29) is 29.8 Å². The van der Waals surface area contributed by atoms with Crippen LogP contribution in [0.5, 0.6) is 5.75 Å². The maximum absolute atomic E-state index is 12.7. The molecule has 0 bridgehead atoms. The van der Waals surface area contributed by atoms with Crippen LogP contribution in [-0.4, -0.2) is 30.5 Å². The van der Waals surface area contributed by atoms with E-state index in [0.29, 0.717) is 12.0 Å². The standard InChI is InChI=1S/C21H26N2O3/c1-4-19(24)22-14-7-21(8-14)9-15(10-21)23-20(25)17-11-26-18-6-13(3)12(2)5-16(17)18/h4-6,14-15,17H,1,7-11H2,2-3H3,(H,22,24)(H,23,25). The first-order valence-corrected chi connectivity index (χ1v) is 9.36. The van der Waals surface area contributed by atoms with Crippen LogP contribution in [-0.2, 0) is 9.59 Å². The lowest BCUT2D eigenvalue weighted by atomic mass is 9.52. The Morgan fingerprint density at radius 1 is 1.12 bits per heavy atom. The van der Waals surface area contributed by atoms with Crippen molar-refractivity contribution in [1.29, 1.82) is 0 Å². The van der Waals surface area contributed by atoms with Crippen molar-refractivity contribution in [2.45, 2.75) is 57.5 Å². The molecule has 2 saturated carbocycles. The van der Waals surface area contributed by atoms with E-state index in [2.05, 4.69) is 37.1 Å². The largest absolute Gasteiger partial charge is 0.492 e. The first-order chi connectivity index (χ1) is 12.4. The molecule has 0 radical (unpaired) electrons. The molecule has 2 N–H and O–H groups in total. The number of nitrogens with one attached hydrogen (secondary N) is 2. The second kappa shape index (κ2) is 6.15. The number of aryl methyl sites for hydroxylation is 2. The van der Waals surface area contributed by atoms with Gasteiger partial charge in [0.05, 0.1) is 0 Å². The first kappa shape index (κ1) is 17.1. The summed E-state index contributed by atoms with van der Waals surface area (Å²) in [6.45, 7) is 8.03. The molecule has 4 rings (SSSR count). The van der Waals surface area contributed by atoms with E-state index in [0.717, 1.165) is 37.0 Å². The fraction of sp³-hybridized carbons (Fsp3) is 0.524. The van der Waals surface area contributed by atoms with Crippen molar-refractivity contribution >= 4 is 11.8 Å². The molecule has 5 heteroatoms. The average molecular weight is 354 g/mol. The lowest BCUT2D eigenvalue weighted by Gasteiger charge is -2.57. The molecule has 1 aliphatic heterocycles. The predicted molar refractivity (Wildman–Crippen MR) is 99.1 cm³/mol. The molecule has 1 aromatic rings. The molecule has 0 aromatic heterocycles. The molecule has 2 aliphatic carbocycles. The lowest BCUT2D eigenvalue weighted by Crippen LogP contribution is -2.61. The zero-order valence-electron chi connectivity index (χ0n) is 15.4. The van der Waals surface area contributed by atoms with Crippen molar-refractivity contribution in [3.63, 3.8) is 0 Å². The smallest absolute Gasteiger partial charge is 0.243 e. The van der Waals surface area contributed by atoms with Gasteiger partial charge in [0.2, 0.25) is 11.8 Å². The summed E-state index contributed by atoms with van der Waals surface area (Å²) in [6, 6.07) is 4.62. The summed E-state index contributed by atoms with van der Waals surface area (Å²) in [4.78, 5) is 24.1. The van der Waals surface area contributed by atoms with Crippen LogP contribution in [0, 0.1) is 19.3 Å². The van der Waals surface area contributed by atoms with Gasteiger partial charge in [-0.3, -0.25) is 9.59 Å². The van der Waals surface area contributed by atoms with Crippen molar-refractivity contribution in [1.82, 2.24) is 10.6 Å². The summed E-state index contributed by atoms with van der Waals surface area (Å²) in [5, 5.41) is 6.15. The SMILES string of the molecule is C=CC(=O)NC1CC2(C1)CC(NC(=O)C1COc3cc(C)c(C)cc31)C2. The van der Waals surface area contributed by atoms with Crippen molar-refractivity contribution in [2.24, 2.45) is 5.41 Å². The van der Waals surface area contributed by atoms with Gasteiger partial charge in [-0.1, -0.05) is 12.6 Å². The topological polar surface area (TPSA) is 67.4 Å². The van der Waals surface area contributed by atoms with E-state index < -0.39 is 0 Å². The Labute approximate surface area is 154 Å². The molecule has 5 nitrogen and oxygen atoms in total. The number of ether oxygens (including phenoxy) is 1. The van der Waals surface area contributed by atoms with Crippen LogP contribution in [0.3, 0.4) is 0 Å². The minimum atomic E-state index is -0.207. The number of carbonyl (C=O) groups is 2. The van der Waals surface area contributed by atoms with Gasteiger partial charge in [-0.15, -0.1) is 0 Å². The summed E-state index contributed by atoms with van der Waals surface area (Å²) in [7, 11) is 0. The number of hydrogen-bond acceptors (Lipinski definition) is 3. The molecule has 1 spiro atoms. The molecule has 0 saturated heterocycles. The van der Waals surface area contributed by atoms with Crippen molar-refractivity contribution in [3.8, 4) is 5.75 Å². The Bertz CT molecular complexity index is 772. The van der Waals surface area contributed by atoms with Gasteiger partial charge in [0.25, 0.3) is 0 Å². The minimum absolute atomic E-state index is 0.0719. The van der Waals surface area contributed by atoms with E-state index in [9.17, 15) is 9.59 Å². The number of rotatable bonds is 4. The van der Waals surface area contributed by atoms with Gasteiger partial charge in [0, 0.05) is 17.6 Å². The van der Waals surface area contributed by atoms with E-state index in [1.165, 1.54) is 17.2 Å². The maximum atomic E-state index is 12.7. The van der Waals surface area contributed by atoms with Crippen LogP contribution >= 0.6 is 0 Å². The summed E-state index contributed by atoms with van der Waals surface area (Å²) in [5.41, 5.74) is 3.70. The zero-order chi connectivity index (χ0) is 18.5. The molecule has 138 valence electrons. The molecule has 1 aromatic carbocycles. The fourth-order valence-electron chi connectivity index (χ4n) is 4.76. The number of carbonyl (C=O) groups excluding carboxylic acids is 2. The minimum Gasteiger partial charge on any atom is -0.492 e. The van der Waals surface area contributed by atoms with Gasteiger partial charge in [0.15, 0.2) is 0 Å². The molecule has 2 amide bonds. The Kier molecular flexibility index (Phi) is 4.05. The number of benzene rings is 1. The van der Waals surface area contributed by atoms with Gasteiger partial charge >= 0.3 is 0 Å². The molecule has 1 heterocycles. The van der Waals surface area contributed by atoms with Gasteiger partial charge < -0.3 is 15.4 Å². The van der Waals surface area contributed by atoms with Crippen molar-refractivity contribution < 1.29 is 14.3 Å². The Hall–Kier alpha value is -2.30. The van der Waals surface area contributed by atoms with Crippen LogP contribution in [0.15, 0.2) is 24.8 Å². The van der Waals surface area contributed by atoms with Gasteiger partial charge in [-0.25, -0.2) is 0 Å². The molecule has 2 fully saturated rings. The summed E-state index contributed by atoms with van der Waals surface area (Å²) in [5.74, 6) is 0.613. The Balaban J connectivity index is 1.29. The van der Waals surface area contributed by atoms with Crippen LogP contribution in [0.25, 0.3) is 0 Å². The number of fused-ring (bicyclic) bond motifs is 1. The van der Waals surface area contributed by atoms with Crippen LogP contribution in [0.4, 0.5) is 0 Å². The molecule has 3 aliphatic rings. The lowest BCUT2D eigenvalue weighted by molar-refractivity contribution is -0.127. The van der Waals surface area contributed by atoms with E-state index in [4.69, 9.17) is 4.74 Å². The summed E-state index contributed by atoms with van der Waals surface area (Å²) >= 11 is 0. The third-order valence-electron chi connectivity index (χ3n) is 6.32. The molecular weight excluding hydrogens is 328 g/mol. The van der Waals surface area contributed by atoms with Gasteiger partial charge in [0.1, 0.15) is 18.3 Å². The van der Waals surface area contributed by atoms with Crippen LogP contribution < -0.4 is 15.4 Å². The van der Waals surface area contributed by atoms with E-state index >= 15 is 0 Å². The quantitative estimate of drug-likeness (QED) is 0.817. The first-order valence-electron chi connectivity index (χ1n) is 9.36. The predicted octanol–water partition coefficient (Wildman–Crippen LogP) is 2.51. The number of hydrogen-bond donors (Lipinski definition) is 2. The highest BCUT2D eigenvalue weighted by atomic mass is 16.5. The molecule has 26 heavy (non-hydrogen) atoms. The molecule has 1 unspecified atom stereocenters. The van der Waals surface area contributed by atoms with Crippen molar-refractivity contribution in [2.75, 3.05) is 6.61 Å². The fourth-order valence-corrected chi connectivity index (χ4v) is 4.76. The highest BCUT2D eigenvalue weighted by Gasteiger charge is 2.53. The average Bonchev–Trinajstić information content (AvgIpc) is 2.93. The second-order valence-corrected chi connectivity index (χ2v) is 8.27. The maximum Gasteiger partial charge on any atom is 0.243 e. The highest BCUT2D eigenvalue weighted by Crippen LogP contribution is 2.56. The Morgan fingerprint density at radius 2 is 1.73 bits per heavy atom. The highest BCUT2D eigenvalue weighted by molar-refractivity contribution is 5.87. The third kappa shape index (κ3) is 2.89. The van der Waals surface area contributed by atoms with Crippen molar-refractivity contribution in [3.05, 3.63) is 41.5 Å². The van der Waals surface area contributed by atoms with Crippen LogP contribution in [0.2, 0.25) is 0 Å². The Morgan fingerprint density at radius 3 is 2.38 bits per heavy atom. The molecule has 1 atom stereocenters. The van der Waals surface area contributed by atoms with Gasteiger partial charge in [-0.2, -0.15) is 0 Å². The second-order valence-electron chi connectivity index (χ2n) is 8.27. The van der Waals surface area contributed by atoms with E-state index in [1.54, 1.807) is 0 Å². The zero-order valence-corrected chi connectivity index (χ0v) is 15.4. The van der Waals surface area contributed by atoms with Gasteiger partial charge in [-0.05, 0) is 68.2 Å². The molecular formula is C21H26N2O3. The summed E-state index contributed by atoms with van der Waals surface area (Å²) < 4.78 is 5.73. The van der Waals surface area contributed by atoms with E-state index in [1.807, 2.05) is 6.07 Å². The normalized spacial score (nSPS) is 31.2. The third-order valence-corrected chi connectivity index (χ3v) is 6.32. The monoisotopic (exact) mass is 354 g/mol. The number of amides is 2.